The summed E-state index contributed by atoms with van der Waals surface area (Å²) in [6, 6.07) is 2.03. The van der Waals surface area contributed by atoms with Crippen molar-refractivity contribution < 1.29 is 13.2 Å². The molecule has 1 rings (SSSR count). The van der Waals surface area contributed by atoms with Crippen LogP contribution in [0.15, 0.2) is 0 Å². The maximum atomic E-state index is 11.6. The minimum absolute atomic E-state index is 0.0415. The number of nitrogens with zero attached hydrogens (tertiary/aromatic N) is 1. The van der Waals surface area contributed by atoms with E-state index in [9.17, 15) is 13.2 Å². The third-order valence-corrected chi connectivity index (χ3v) is 4.97. The third kappa shape index (κ3) is 2.82. The van der Waals surface area contributed by atoms with Crippen molar-refractivity contribution in [2.24, 2.45) is 5.41 Å². The fourth-order valence-electron chi connectivity index (χ4n) is 2.11. The summed E-state index contributed by atoms with van der Waals surface area (Å²) in [4.78, 5) is 11.6. The smallest absolute Gasteiger partial charge is 0.153 e. The van der Waals surface area contributed by atoms with Crippen molar-refractivity contribution in [3.05, 3.63) is 0 Å². The van der Waals surface area contributed by atoms with Gasteiger partial charge in [0.1, 0.15) is 15.3 Å². The number of hydrogen-bond acceptors (Lipinski definition) is 4. The molecule has 0 aromatic heterocycles. The van der Waals surface area contributed by atoms with Gasteiger partial charge in [0.05, 0.1) is 11.8 Å². The van der Waals surface area contributed by atoms with Gasteiger partial charge < -0.3 is 0 Å². The van der Waals surface area contributed by atoms with Gasteiger partial charge in [0, 0.05) is 12.2 Å². The molecule has 90 valence electrons. The first-order chi connectivity index (χ1) is 7.46. The second-order valence-corrected chi connectivity index (χ2v) is 6.68. The van der Waals surface area contributed by atoms with Gasteiger partial charge in [-0.15, -0.1) is 0 Å². The molecule has 1 unspecified atom stereocenters. The minimum Gasteiger partial charge on any atom is -0.298 e. The van der Waals surface area contributed by atoms with Crippen molar-refractivity contribution in [3.8, 4) is 6.07 Å². The summed E-state index contributed by atoms with van der Waals surface area (Å²) < 4.78 is 23.1. The van der Waals surface area contributed by atoms with Crippen LogP contribution < -0.4 is 0 Å². The summed E-state index contributed by atoms with van der Waals surface area (Å²) in [5, 5.41) is 9.05. The fraction of sp³-hybridized carbons (Fsp3) is 0.818. The second-order valence-electron chi connectivity index (χ2n) is 4.37. The van der Waals surface area contributed by atoms with E-state index < -0.39 is 15.3 Å². The topological polar surface area (TPSA) is 75.0 Å². The molecule has 0 aromatic rings. The Morgan fingerprint density at radius 3 is 2.56 bits per heavy atom. The molecule has 0 bridgehead atoms. The van der Waals surface area contributed by atoms with Crippen LogP contribution in [0.25, 0.3) is 0 Å². The second kappa shape index (κ2) is 4.96. The van der Waals surface area contributed by atoms with E-state index in [-0.39, 0.29) is 23.7 Å². The Bertz CT molecular complexity index is 407. The van der Waals surface area contributed by atoms with E-state index in [1.807, 2.05) is 6.07 Å². The number of rotatable bonds is 5. The molecule has 1 aliphatic carbocycles. The van der Waals surface area contributed by atoms with E-state index in [1.165, 1.54) is 0 Å². The SMILES string of the molecule is CCCS(=O)(=O)CCC1(C#N)CCCC1=O. The zero-order chi connectivity index (χ0) is 12.2. The predicted octanol–water partition coefficient (Wildman–Crippen LogP) is 1.46. The average Bonchev–Trinajstić information content (AvgIpc) is 2.58. The Hall–Kier alpha value is -0.890. The van der Waals surface area contributed by atoms with Crippen LogP contribution in [-0.4, -0.2) is 25.7 Å². The molecule has 0 spiro atoms. The van der Waals surface area contributed by atoms with Crippen LogP contribution in [0, 0.1) is 16.7 Å². The van der Waals surface area contributed by atoms with E-state index >= 15 is 0 Å². The largest absolute Gasteiger partial charge is 0.298 e. The monoisotopic (exact) mass is 243 g/mol. The molecule has 0 saturated heterocycles. The summed E-state index contributed by atoms with van der Waals surface area (Å²) in [6.45, 7) is 1.80. The van der Waals surface area contributed by atoms with Crippen LogP contribution in [0.1, 0.15) is 39.0 Å². The molecule has 1 saturated carbocycles. The van der Waals surface area contributed by atoms with Gasteiger partial charge in [-0.1, -0.05) is 6.92 Å². The lowest BCUT2D eigenvalue weighted by Gasteiger charge is -2.17. The predicted molar refractivity (Wildman–Crippen MR) is 60.5 cm³/mol. The number of hydrogen-bond donors (Lipinski definition) is 0. The Morgan fingerprint density at radius 2 is 2.12 bits per heavy atom. The van der Waals surface area contributed by atoms with Gasteiger partial charge in [0.25, 0.3) is 0 Å². The van der Waals surface area contributed by atoms with Gasteiger partial charge in [-0.2, -0.15) is 5.26 Å². The van der Waals surface area contributed by atoms with Crippen molar-refractivity contribution in [1.82, 2.24) is 0 Å². The number of sulfone groups is 1. The van der Waals surface area contributed by atoms with Gasteiger partial charge >= 0.3 is 0 Å². The number of ketones is 1. The minimum atomic E-state index is -3.09. The first-order valence-corrected chi connectivity index (χ1v) is 7.43. The zero-order valence-electron chi connectivity index (χ0n) is 9.53. The Morgan fingerprint density at radius 1 is 1.44 bits per heavy atom. The zero-order valence-corrected chi connectivity index (χ0v) is 10.3. The maximum absolute atomic E-state index is 11.6. The van der Waals surface area contributed by atoms with Gasteiger partial charge in [-0.3, -0.25) is 4.79 Å². The number of carbonyl (C=O) groups excluding carboxylic acids is 1. The van der Waals surface area contributed by atoms with Gasteiger partial charge in [0.2, 0.25) is 0 Å². The molecule has 0 N–H and O–H groups in total. The molecule has 1 aliphatic rings. The molecule has 4 nitrogen and oxygen atoms in total. The highest BCUT2D eigenvalue weighted by Crippen LogP contribution is 2.37. The first-order valence-electron chi connectivity index (χ1n) is 5.61. The summed E-state index contributed by atoms with van der Waals surface area (Å²) in [5.41, 5.74) is -1.01. The summed E-state index contributed by atoms with van der Waals surface area (Å²) in [6.07, 6.45) is 2.39. The lowest BCUT2D eigenvalue weighted by Crippen LogP contribution is -2.27. The third-order valence-electron chi connectivity index (χ3n) is 3.11. The lowest BCUT2D eigenvalue weighted by molar-refractivity contribution is -0.123. The van der Waals surface area contributed by atoms with Crippen molar-refractivity contribution in [2.45, 2.75) is 39.0 Å². The van der Waals surface area contributed by atoms with E-state index in [0.717, 1.165) is 0 Å². The molecular formula is C11H17NO3S. The van der Waals surface area contributed by atoms with E-state index in [4.69, 9.17) is 5.26 Å². The highest BCUT2D eigenvalue weighted by atomic mass is 32.2. The fourth-order valence-corrected chi connectivity index (χ4v) is 3.60. The van der Waals surface area contributed by atoms with Crippen LogP contribution in [0.2, 0.25) is 0 Å². The Balaban J connectivity index is 2.67. The van der Waals surface area contributed by atoms with Gasteiger partial charge in [-0.25, -0.2) is 8.42 Å². The molecule has 0 radical (unpaired) electrons. The van der Waals surface area contributed by atoms with Crippen LogP contribution in [0.4, 0.5) is 0 Å². The van der Waals surface area contributed by atoms with Crippen LogP contribution in [0.3, 0.4) is 0 Å². The van der Waals surface area contributed by atoms with Gasteiger partial charge in [-0.05, 0) is 25.7 Å². The first kappa shape index (κ1) is 13.2. The average molecular weight is 243 g/mol. The molecule has 5 heteroatoms. The van der Waals surface area contributed by atoms with Crippen LogP contribution in [0.5, 0.6) is 0 Å². The maximum Gasteiger partial charge on any atom is 0.153 e. The Kier molecular flexibility index (Phi) is 4.09. The molecule has 0 aromatic carbocycles. The normalized spacial score (nSPS) is 25.6. The molecule has 0 amide bonds. The number of Topliss-reactive ketones (excluding diaryl/α,β-unsaturated/α-hetero) is 1. The summed E-state index contributed by atoms with van der Waals surface area (Å²) in [7, 11) is -3.09. The van der Waals surface area contributed by atoms with E-state index in [2.05, 4.69) is 0 Å². The van der Waals surface area contributed by atoms with E-state index in [1.54, 1.807) is 6.92 Å². The molecule has 16 heavy (non-hydrogen) atoms. The quantitative estimate of drug-likeness (QED) is 0.732. The number of carbonyl (C=O) groups is 1. The lowest BCUT2D eigenvalue weighted by atomic mass is 9.84. The van der Waals surface area contributed by atoms with Crippen molar-refractivity contribution in [3.63, 3.8) is 0 Å². The van der Waals surface area contributed by atoms with Crippen molar-refractivity contribution in [1.29, 1.82) is 5.26 Å². The molecule has 1 fully saturated rings. The van der Waals surface area contributed by atoms with E-state index in [0.29, 0.717) is 25.7 Å². The number of nitriles is 1. The summed E-state index contributed by atoms with van der Waals surface area (Å²) >= 11 is 0. The van der Waals surface area contributed by atoms with Crippen molar-refractivity contribution >= 4 is 15.6 Å². The Labute approximate surface area is 96.6 Å². The molecule has 0 aliphatic heterocycles. The molecule has 1 atom stereocenters. The molecular weight excluding hydrogens is 226 g/mol. The van der Waals surface area contributed by atoms with Crippen LogP contribution in [-0.2, 0) is 14.6 Å². The highest BCUT2D eigenvalue weighted by molar-refractivity contribution is 7.91. The van der Waals surface area contributed by atoms with Crippen molar-refractivity contribution in [2.75, 3.05) is 11.5 Å². The molecule has 0 heterocycles. The van der Waals surface area contributed by atoms with Crippen LogP contribution >= 0.6 is 0 Å². The standard InChI is InChI=1S/C11H17NO3S/c1-2-7-16(14,15)8-6-11(9-12)5-3-4-10(11)13/h2-8H2,1H3. The summed E-state index contributed by atoms with van der Waals surface area (Å²) in [5.74, 6) is 0.0183. The highest BCUT2D eigenvalue weighted by Gasteiger charge is 2.42. The van der Waals surface area contributed by atoms with Gasteiger partial charge in [0.15, 0.2) is 5.78 Å².